The number of rotatable bonds is 1. The van der Waals surface area contributed by atoms with Crippen LogP contribution in [0.1, 0.15) is 6.42 Å². The first-order valence-corrected chi connectivity index (χ1v) is 4.45. The summed E-state index contributed by atoms with van der Waals surface area (Å²) in [6, 6.07) is 0. The molecule has 0 aromatic carbocycles. The molecule has 2 aliphatic heterocycles. The molecular weight excluding hydrogens is 156 g/mol. The van der Waals surface area contributed by atoms with Crippen LogP contribution in [0.5, 0.6) is 0 Å². The van der Waals surface area contributed by atoms with E-state index in [1.807, 2.05) is 0 Å². The van der Waals surface area contributed by atoms with E-state index in [1.54, 1.807) is 4.90 Å². The van der Waals surface area contributed by atoms with Gasteiger partial charge in [-0.2, -0.15) is 0 Å². The molecule has 0 spiro atoms. The summed E-state index contributed by atoms with van der Waals surface area (Å²) in [6.07, 6.45) is 0.452. The zero-order valence-corrected chi connectivity index (χ0v) is 6.99. The van der Waals surface area contributed by atoms with Crippen molar-refractivity contribution in [3.8, 4) is 0 Å². The SMILES string of the molecule is O=C(C1CNC1)N1CCC(O)C1. The first kappa shape index (κ1) is 8.01. The molecule has 2 rings (SSSR count). The van der Waals surface area contributed by atoms with Gasteiger partial charge in [0.2, 0.25) is 5.91 Å². The molecule has 4 nitrogen and oxygen atoms in total. The molecular formula is C8H14N2O2. The van der Waals surface area contributed by atoms with Crippen molar-refractivity contribution in [3.63, 3.8) is 0 Å². The summed E-state index contributed by atoms with van der Waals surface area (Å²) in [7, 11) is 0. The monoisotopic (exact) mass is 170 g/mol. The fourth-order valence-electron chi connectivity index (χ4n) is 1.66. The van der Waals surface area contributed by atoms with Gasteiger partial charge in [-0.1, -0.05) is 0 Å². The van der Waals surface area contributed by atoms with E-state index >= 15 is 0 Å². The molecule has 1 amide bonds. The second-order valence-electron chi connectivity index (χ2n) is 3.58. The van der Waals surface area contributed by atoms with E-state index in [1.165, 1.54) is 0 Å². The van der Waals surface area contributed by atoms with Gasteiger partial charge in [0.05, 0.1) is 12.0 Å². The minimum Gasteiger partial charge on any atom is -0.391 e. The summed E-state index contributed by atoms with van der Waals surface area (Å²) in [5, 5.41) is 12.3. The Labute approximate surface area is 71.5 Å². The lowest BCUT2D eigenvalue weighted by Gasteiger charge is -2.29. The quantitative estimate of drug-likeness (QED) is 0.519. The number of hydrogen-bond donors (Lipinski definition) is 2. The van der Waals surface area contributed by atoms with Gasteiger partial charge in [0, 0.05) is 26.2 Å². The molecule has 1 atom stereocenters. The van der Waals surface area contributed by atoms with Gasteiger partial charge >= 0.3 is 0 Å². The van der Waals surface area contributed by atoms with E-state index in [9.17, 15) is 9.90 Å². The third-order valence-corrected chi connectivity index (χ3v) is 2.61. The number of amides is 1. The van der Waals surface area contributed by atoms with Crippen molar-refractivity contribution in [1.82, 2.24) is 10.2 Å². The highest BCUT2D eigenvalue weighted by Crippen LogP contribution is 2.14. The molecule has 0 saturated carbocycles. The summed E-state index contributed by atoms with van der Waals surface area (Å²) in [4.78, 5) is 13.3. The molecule has 1 unspecified atom stereocenters. The van der Waals surface area contributed by atoms with Crippen LogP contribution in [0.2, 0.25) is 0 Å². The van der Waals surface area contributed by atoms with Gasteiger partial charge in [-0.3, -0.25) is 4.79 Å². The Kier molecular flexibility index (Phi) is 2.02. The van der Waals surface area contributed by atoms with Gasteiger partial charge in [0.15, 0.2) is 0 Å². The fourth-order valence-corrected chi connectivity index (χ4v) is 1.66. The van der Waals surface area contributed by atoms with Crippen LogP contribution in [0.25, 0.3) is 0 Å². The number of carbonyl (C=O) groups is 1. The minimum absolute atomic E-state index is 0.176. The lowest BCUT2D eigenvalue weighted by atomic mass is 10.0. The zero-order chi connectivity index (χ0) is 8.55. The van der Waals surface area contributed by atoms with Crippen LogP contribution in [0.15, 0.2) is 0 Å². The average Bonchev–Trinajstić information content (AvgIpc) is 2.31. The highest BCUT2D eigenvalue weighted by Gasteiger charge is 2.32. The Hall–Kier alpha value is -0.610. The molecule has 2 heterocycles. The second-order valence-corrected chi connectivity index (χ2v) is 3.58. The lowest BCUT2D eigenvalue weighted by Crippen LogP contribution is -2.51. The Morgan fingerprint density at radius 3 is 2.67 bits per heavy atom. The molecule has 2 aliphatic rings. The van der Waals surface area contributed by atoms with Crippen LogP contribution < -0.4 is 5.32 Å². The molecule has 0 radical (unpaired) electrons. The van der Waals surface area contributed by atoms with Crippen molar-refractivity contribution < 1.29 is 9.90 Å². The summed E-state index contributed by atoms with van der Waals surface area (Å²) in [6.45, 7) is 2.89. The molecule has 0 aromatic rings. The number of hydrogen-bond acceptors (Lipinski definition) is 3. The van der Waals surface area contributed by atoms with Crippen LogP contribution >= 0.6 is 0 Å². The normalized spacial score (nSPS) is 30.4. The number of nitrogens with one attached hydrogen (secondary N) is 1. The molecule has 4 heteroatoms. The van der Waals surface area contributed by atoms with Crippen LogP contribution in [0.4, 0.5) is 0 Å². The number of nitrogens with zero attached hydrogens (tertiary/aromatic N) is 1. The molecule has 2 fully saturated rings. The molecule has 0 aromatic heterocycles. The molecule has 2 N–H and O–H groups in total. The van der Waals surface area contributed by atoms with Crippen LogP contribution in [-0.2, 0) is 4.79 Å². The smallest absolute Gasteiger partial charge is 0.228 e. The lowest BCUT2D eigenvalue weighted by molar-refractivity contribution is -0.136. The largest absolute Gasteiger partial charge is 0.391 e. The van der Waals surface area contributed by atoms with E-state index in [-0.39, 0.29) is 17.9 Å². The van der Waals surface area contributed by atoms with Gasteiger partial charge in [0.25, 0.3) is 0 Å². The van der Waals surface area contributed by atoms with Crippen LogP contribution in [-0.4, -0.2) is 48.2 Å². The minimum atomic E-state index is -0.290. The third kappa shape index (κ3) is 1.32. The molecule has 0 aliphatic carbocycles. The predicted octanol–water partition coefficient (Wildman–Crippen LogP) is -1.20. The number of aliphatic hydroxyl groups excluding tert-OH is 1. The molecule has 12 heavy (non-hydrogen) atoms. The Morgan fingerprint density at radius 2 is 2.25 bits per heavy atom. The fraction of sp³-hybridized carbons (Fsp3) is 0.875. The maximum Gasteiger partial charge on any atom is 0.228 e. The second kappa shape index (κ2) is 3.03. The molecule has 2 saturated heterocycles. The predicted molar refractivity (Wildman–Crippen MR) is 43.6 cm³/mol. The molecule has 68 valence electrons. The van der Waals surface area contributed by atoms with E-state index < -0.39 is 0 Å². The number of β-amino-alcohol motifs (C(OH)–C–C–N with tert-alkyl or cyclic N) is 1. The van der Waals surface area contributed by atoms with E-state index in [2.05, 4.69) is 5.32 Å². The van der Waals surface area contributed by atoms with Crippen molar-refractivity contribution >= 4 is 5.91 Å². The Bertz CT molecular complexity index is 191. The van der Waals surface area contributed by atoms with Crippen LogP contribution in [0.3, 0.4) is 0 Å². The van der Waals surface area contributed by atoms with Gasteiger partial charge in [-0.15, -0.1) is 0 Å². The van der Waals surface area contributed by atoms with Crippen molar-refractivity contribution in [2.75, 3.05) is 26.2 Å². The number of likely N-dealkylation sites (tertiary alicyclic amines) is 1. The van der Waals surface area contributed by atoms with Gasteiger partial charge in [-0.25, -0.2) is 0 Å². The topological polar surface area (TPSA) is 52.6 Å². The first-order chi connectivity index (χ1) is 5.77. The van der Waals surface area contributed by atoms with Gasteiger partial charge in [0.1, 0.15) is 0 Å². The maximum atomic E-state index is 11.5. The van der Waals surface area contributed by atoms with Crippen molar-refractivity contribution in [3.05, 3.63) is 0 Å². The summed E-state index contributed by atoms with van der Waals surface area (Å²) in [5.41, 5.74) is 0. The van der Waals surface area contributed by atoms with Gasteiger partial charge < -0.3 is 15.3 Å². The first-order valence-electron chi connectivity index (χ1n) is 4.45. The van der Waals surface area contributed by atoms with Crippen molar-refractivity contribution in [2.45, 2.75) is 12.5 Å². The van der Waals surface area contributed by atoms with Crippen molar-refractivity contribution in [1.29, 1.82) is 0 Å². The van der Waals surface area contributed by atoms with E-state index in [0.717, 1.165) is 26.1 Å². The standard InChI is InChI=1S/C8H14N2O2/c11-7-1-2-10(5-7)8(12)6-3-9-4-6/h6-7,9,11H,1-5H2. The van der Waals surface area contributed by atoms with Crippen LogP contribution in [0, 0.1) is 5.92 Å². The maximum absolute atomic E-state index is 11.5. The zero-order valence-electron chi connectivity index (χ0n) is 6.99. The third-order valence-electron chi connectivity index (χ3n) is 2.61. The number of aliphatic hydroxyl groups is 1. The van der Waals surface area contributed by atoms with E-state index in [0.29, 0.717) is 6.54 Å². The Balaban J connectivity index is 1.87. The number of carbonyl (C=O) groups excluding carboxylic acids is 1. The summed E-state index contributed by atoms with van der Waals surface area (Å²) >= 11 is 0. The summed E-state index contributed by atoms with van der Waals surface area (Å²) < 4.78 is 0. The Morgan fingerprint density at radius 1 is 1.50 bits per heavy atom. The summed E-state index contributed by atoms with van der Waals surface area (Å²) in [5.74, 6) is 0.389. The highest BCUT2D eigenvalue weighted by molar-refractivity contribution is 5.80. The van der Waals surface area contributed by atoms with Crippen molar-refractivity contribution in [2.24, 2.45) is 5.92 Å². The highest BCUT2D eigenvalue weighted by atomic mass is 16.3. The van der Waals surface area contributed by atoms with Gasteiger partial charge in [-0.05, 0) is 6.42 Å². The van der Waals surface area contributed by atoms with E-state index in [4.69, 9.17) is 0 Å². The average molecular weight is 170 g/mol. The molecule has 0 bridgehead atoms.